The fourth-order valence-corrected chi connectivity index (χ4v) is 3.99. The fraction of sp³-hybridized carbons (Fsp3) is 1.00. The van der Waals surface area contributed by atoms with Gasteiger partial charge in [0.15, 0.2) is 0 Å². The molecule has 4 unspecified atom stereocenters. The summed E-state index contributed by atoms with van der Waals surface area (Å²) in [6.07, 6.45) is 6.93. The summed E-state index contributed by atoms with van der Waals surface area (Å²) in [6, 6.07) is 1.18. The minimum Gasteiger partial charge on any atom is -0.326 e. The van der Waals surface area contributed by atoms with Crippen LogP contribution >= 0.6 is 0 Å². The van der Waals surface area contributed by atoms with Crippen LogP contribution in [0.4, 0.5) is 0 Å². The average molecular weight is 252 g/mol. The second kappa shape index (κ2) is 5.50. The van der Waals surface area contributed by atoms with Crippen LogP contribution in [0.5, 0.6) is 0 Å². The van der Waals surface area contributed by atoms with Gasteiger partial charge in [-0.05, 0) is 43.1 Å². The van der Waals surface area contributed by atoms with E-state index in [-0.39, 0.29) is 0 Å². The Bertz CT molecular complexity index is 269. The van der Waals surface area contributed by atoms with E-state index in [1.54, 1.807) is 0 Å². The van der Waals surface area contributed by atoms with Crippen molar-refractivity contribution in [2.75, 3.05) is 13.1 Å². The summed E-state index contributed by atoms with van der Waals surface area (Å²) in [6.45, 7) is 12.0. The molecule has 0 spiro atoms. The molecular weight excluding hydrogens is 220 g/mol. The molecule has 0 aromatic rings. The van der Waals surface area contributed by atoms with Crippen LogP contribution in [-0.4, -0.2) is 30.1 Å². The van der Waals surface area contributed by atoms with E-state index in [2.05, 4.69) is 32.6 Å². The first-order valence-electron chi connectivity index (χ1n) is 7.89. The van der Waals surface area contributed by atoms with Gasteiger partial charge in [-0.2, -0.15) is 0 Å². The number of hydrogen-bond donors (Lipinski definition) is 1. The predicted octanol–water partition coefficient (Wildman–Crippen LogP) is 3.26. The zero-order valence-electron chi connectivity index (χ0n) is 12.8. The van der Waals surface area contributed by atoms with Crippen molar-refractivity contribution in [3.63, 3.8) is 0 Å². The Morgan fingerprint density at radius 2 is 1.72 bits per heavy atom. The van der Waals surface area contributed by atoms with Gasteiger partial charge in [0.05, 0.1) is 0 Å². The van der Waals surface area contributed by atoms with Crippen LogP contribution in [0, 0.1) is 17.3 Å². The van der Waals surface area contributed by atoms with Gasteiger partial charge in [-0.15, -0.1) is 0 Å². The molecule has 2 N–H and O–H groups in total. The van der Waals surface area contributed by atoms with Gasteiger partial charge in [0.1, 0.15) is 0 Å². The Balaban J connectivity index is 2.05. The third-order valence-electron chi connectivity index (χ3n) is 5.36. The first-order valence-corrected chi connectivity index (χ1v) is 7.89. The largest absolute Gasteiger partial charge is 0.326 e. The predicted molar refractivity (Wildman–Crippen MR) is 78.5 cm³/mol. The molecule has 2 fully saturated rings. The van der Waals surface area contributed by atoms with Crippen molar-refractivity contribution in [1.82, 2.24) is 4.90 Å². The number of nitrogens with zero attached hydrogens (tertiary/aromatic N) is 1. The average Bonchev–Trinajstić information content (AvgIpc) is 2.32. The zero-order valence-corrected chi connectivity index (χ0v) is 12.8. The number of likely N-dealkylation sites (tertiary alicyclic amines) is 1. The van der Waals surface area contributed by atoms with Gasteiger partial charge in [0.25, 0.3) is 0 Å². The highest BCUT2D eigenvalue weighted by Crippen LogP contribution is 2.41. The Hall–Kier alpha value is -0.0800. The van der Waals surface area contributed by atoms with Crippen LogP contribution < -0.4 is 5.73 Å². The molecule has 2 aliphatic rings. The molecule has 18 heavy (non-hydrogen) atoms. The molecule has 2 nitrogen and oxygen atoms in total. The summed E-state index contributed by atoms with van der Waals surface area (Å²) in [5.41, 5.74) is 6.73. The molecule has 1 heterocycles. The Morgan fingerprint density at radius 1 is 1.06 bits per heavy atom. The number of rotatable bonds is 1. The van der Waals surface area contributed by atoms with Crippen molar-refractivity contribution in [3.8, 4) is 0 Å². The van der Waals surface area contributed by atoms with E-state index in [4.69, 9.17) is 5.73 Å². The van der Waals surface area contributed by atoms with E-state index < -0.39 is 0 Å². The number of nitrogens with two attached hydrogens (primary N) is 1. The topological polar surface area (TPSA) is 29.3 Å². The quantitative estimate of drug-likeness (QED) is 0.776. The van der Waals surface area contributed by atoms with Crippen LogP contribution in [0.2, 0.25) is 0 Å². The molecular formula is C16H32N2. The molecule has 0 radical (unpaired) electrons. The highest BCUT2D eigenvalue weighted by atomic mass is 15.2. The van der Waals surface area contributed by atoms with E-state index in [1.165, 1.54) is 38.6 Å². The van der Waals surface area contributed by atoms with Crippen molar-refractivity contribution in [2.45, 2.75) is 71.9 Å². The molecule has 1 saturated carbocycles. The summed E-state index contributed by atoms with van der Waals surface area (Å²) in [7, 11) is 0. The highest BCUT2D eigenvalue weighted by molar-refractivity contribution is 4.93. The van der Waals surface area contributed by atoms with Gasteiger partial charge >= 0.3 is 0 Å². The van der Waals surface area contributed by atoms with E-state index in [1.807, 2.05) is 0 Å². The fourth-order valence-electron chi connectivity index (χ4n) is 3.99. The summed E-state index contributed by atoms with van der Waals surface area (Å²) >= 11 is 0. The second-order valence-electron chi connectivity index (χ2n) is 7.75. The molecule has 4 atom stereocenters. The van der Waals surface area contributed by atoms with Gasteiger partial charge in [-0.1, -0.05) is 40.5 Å². The summed E-state index contributed by atoms with van der Waals surface area (Å²) in [5.74, 6) is 1.56. The van der Waals surface area contributed by atoms with Gasteiger partial charge in [-0.25, -0.2) is 0 Å². The Kier molecular flexibility index (Phi) is 4.38. The van der Waals surface area contributed by atoms with E-state index in [0.717, 1.165) is 18.5 Å². The zero-order chi connectivity index (χ0) is 13.3. The molecule has 2 heteroatoms. The van der Waals surface area contributed by atoms with Gasteiger partial charge < -0.3 is 5.73 Å². The lowest BCUT2D eigenvalue weighted by molar-refractivity contribution is 0.0169. The molecule has 1 aliphatic carbocycles. The van der Waals surface area contributed by atoms with Gasteiger partial charge in [-0.3, -0.25) is 4.90 Å². The van der Waals surface area contributed by atoms with Crippen molar-refractivity contribution >= 4 is 0 Å². The molecule has 1 aliphatic heterocycles. The van der Waals surface area contributed by atoms with Crippen molar-refractivity contribution in [3.05, 3.63) is 0 Å². The lowest BCUT2D eigenvalue weighted by atomic mass is 9.68. The molecule has 0 amide bonds. The second-order valence-corrected chi connectivity index (χ2v) is 7.75. The molecule has 2 rings (SSSR count). The van der Waals surface area contributed by atoms with Crippen LogP contribution in [0.3, 0.4) is 0 Å². The van der Waals surface area contributed by atoms with E-state index in [9.17, 15) is 0 Å². The first kappa shape index (κ1) is 14.3. The maximum atomic E-state index is 6.29. The van der Waals surface area contributed by atoms with Crippen LogP contribution in [-0.2, 0) is 0 Å². The standard InChI is InChI=1S/C16H32N2/c1-12-9-10-18(11-14(12)17)15-8-6-5-7-13(15)16(2,3)4/h12-15H,5-11,17H2,1-4H3. The lowest BCUT2D eigenvalue weighted by Crippen LogP contribution is -2.55. The smallest absolute Gasteiger partial charge is 0.0194 e. The summed E-state index contributed by atoms with van der Waals surface area (Å²) in [4.78, 5) is 2.72. The minimum absolute atomic E-state index is 0.390. The Morgan fingerprint density at radius 3 is 2.33 bits per heavy atom. The van der Waals surface area contributed by atoms with E-state index in [0.29, 0.717) is 17.4 Å². The van der Waals surface area contributed by atoms with Crippen LogP contribution in [0.15, 0.2) is 0 Å². The molecule has 106 valence electrons. The highest BCUT2D eigenvalue weighted by Gasteiger charge is 2.39. The SMILES string of the molecule is CC1CCN(C2CCCCC2C(C)(C)C)CC1N. The van der Waals surface area contributed by atoms with Crippen molar-refractivity contribution in [2.24, 2.45) is 23.0 Å². The van der Waals surface area contributed by atoms with Crippen LogP contribution in [0.25, 0.3) is 0 Å². The third kappa shape index (κ3) is 3.08. The molecule has 0 bridgehead atoms. The molecule has 0 aromatic heterocycles. The van der Waals surface area contributed by atoms with Gasteiger partial charge in [0.2, 0.25) is 0 Å². The maximum absolute atomic E-state index is 6.29. The van der Waals surface area contributed by atoms with Crippen molar-refractivity contribution in [1.29, 1.82) is 0 Å². The number of hydrogen-bond acceptors (Lipinski definition) is 2. The maximum Gasteiger partial charge on any atom is 0.0194 e. The molecule has 1 saturated heterocycles. The Labute approximate surface area is 113 Å². The minimum atomic E-state index is 0.390. The van der Waals surface area contributed by atoms with Gasteiger partial charge in [0, 0.05) is 18.6 Å². The molecule has 0 aromatic carbocycles. The lowest BCUT2D eigenvalue weighted by Gasteiger charge is -2.49. The van der Waals surface area contributed by atoms with Crippen molar-refractivity contribution < 1.29 is 0 Å². The summed E-state index contributed by atoms with van der Waals surface area (Å²) < 4.78 is 0. The van der Waals surface area contributed by atoms with E-state index >= 15 is 0 Å². The third-order valence-corrected chi connectivity index (χ3v) is 5.36. The first-order chi connectivity index (χ1) is 8.39. The number of piperidine rings is 1. The monoisotopic (exact) mass is 252 g/mol. The normalized spacial score (nSPS) is 39.8. The van der Waals surface area contributed by atoms with Crippen LogP contribution in [0.1, 0.15) is 59.8 Å². The summed E-state index contributed by atoms with van der Waals surface area (Å²) in [5, 5.41) is 0.